The van der Waals surface area contributed by atoms with Gasteiger partial charge < -0.3 is 44.2 Å². The van der Waals surface area contributed by atoms with E-state index < -0.39 is 60.8 Å². The smallest absolute Gasteiger partial charge is 0.308 e. The Balaban J connectivity index is 1.69. The van der Waals surface area contributed by atoms with Crippen molar-refractivity contribution < 1.29 is 39.1 Å². The van der Waals surface area contributed by atoms with Crippen molar-refractivity contribution in [3.8, 4) is 0 Å². The van der Waals surface area contributed by atoms with Gasteiger partial charge >= 0.3 is 5.97 Å². The van der Waals surface area contributed by atoms with Crippen LogP contribution in [-0.4, -0.2) is 143 Å². The molecule has 14 atom stereocenters. The van der Waals surface area contributed by atoms with Crippen molar-refractivity contribution >= 4 is 11.8 Å². The van der Waals surface area contributed by atoms with E-state index in [0.717, 1.165) is 30.8 Å². The standard InChI is InChI=1S/C45H74N4O8/c1-11-39-36(27-48(10)26-34-13-12-17-46-23-34)20-28(2)14-15-37(50)31(5)21-35(16-18-49-24-29(3)19-30(4)25-49)44(32(6)38(51)22-40(52)56-39)57-45-43(54)41(47(8)9)42(53)33(7)55-45/h12-15,17,20,23,29-33,35-36,38-39,41-45,51,53-54H,11,16,18-19,21-22,24-27H2,1-10H3/b15-14-,28-20-/t29?,30?,31-,32+,33-,35+,36-,38-,39-,41+,42-,43-,44-,45+/m1/s1. The lowest BCUT2D eigenvalue weighted by atomic mass is 9.79. The number of piperidine rings is 1. The Morgan fingerprint density at radius 2 is 1.68 bits per heavy atom. The van der Waals surface area contributed by atoms with Crippen LogP contribution in [-0.2, 0) is 30.3 Å². The minimum absolute atomic E-state index is 0.00547. The van der Waals surface area contributed by atoms with Crippen molar-refractivity contribution in [3.63, 3.8) is 0 Å². The van der Waals surface area contributed by atoms with Gasteiger partial charge in [0, 0.05) is 56.3 Å². The molecule has 4 heterocycles. The number of aliphatic hydroxyl groups is 3. The molecule has 1 aromatic heterocycles. The van der Waals surface area contributed by atoms with Gasteiger partial charge in [-0.2, -0.15) is 0 Å². The van der Waals surface area contributed by atoms with Crippen LogP contribution in [0.2, 0.25) is 0 Å². The molecule has 2 saturated heterocycles. The molecular formula is C45H74N4O8. The first-order chi connectivity index (χ1) is 27.0. The van der Waals surface area contributed by atoms with E-state index in [0.29, 0.717) is 44.2 Å². The number of aliphatic hydroxyl groups excluding tert-OH is 3. The van der Waals surface area contributed by atoms with Gasteiger partial charge in [0.05, 0.1) is 36.9 Å². The third kappa shape index (κ3) is 13.7. The number of aromatic nitrogens is 1. The maximum atomic E-state index is 13.9. The van der Waals surface area contributed by atoms with Gasteiger partial charge in [-0.05, 0) is 103 Å². The lowest BCUT2D eigenvalue weighted by Crippen LogP contribution is -2.63. The van der Waals surface area contributed by atoms with E-state index in [2.05, 4.69) is 34.7 Å². The van der Waals surface area contributed by atoms with E-state index in [9.17, 15) is 24.9 Å². The topological polar surface area (TPSA) is 145 Å². The van der Waals surface area contributed by atoms with E-state index >= 15 is 0 Å². The summed E-state index contributed by atoms with van der Waals surface area (Å²) >= 11 is 0. The third-order valence-electron chi connectivity index (χ3n) is 12.4. The van der Waals surface area contributed by atoms with Gasteiger partial charge in [0.2, 0.25) is 0 Å². The molecule has 2 unspecified atom stereocenters. The average molecular weight is 799 g/mol. The van der Waals surface area contributed by atoms with Crippen LogP contribution in [0.4, 0.5) is 0 Å². The first-order valence-electron chi connectivity index (χ1n) is 21.4. The molecule has 3 aliphatic heterocycles. The van der Waals surface area contributed by atoms with E-state index in [-0.39, 0.29) is 30.0 Å². The molecule has 1 aromatic rings. The molecule has 0 radical (unpaired) electrons. The Morgan fingerprint density at radius 3 is 2.32 bits per heavy atom. The van der Waals surface area contributed by atoms with Crippen LogP contribution in [0.1, 0.15) is 86.1 Å². The first kappa shape index (κ1) is 47.1. The summed E-state index contributed by atoms with van der Waals surface area (Å²) in [6, 6.07) is 3.29. The lowest BCUT2D eigenvalue weighted by molar-refractivity contribution is -0.304. The highest BCUT2D eigenvalue weighted by molar-refractivity contribution is 5.91. The number of carbonyl (C=O) groups is 2. The number of likely N-dealkylation sites (N-methyl/N-ethyl adjacent to an activating group) is 1. The van der Waals surface area contributed by atoms with Crippen molar-refractivity contribution in [2.45, 2.75) is 136 Å². The number of carbonyl (C=O) groups excluding carboxylic acids is 2. The number of hydrogen-bond donors (Lipinski definition) is 3. The van der Waals surface area contributed by atoms with E-state index in [1.165, 1.54) is 6.42 Å². The molecule has 3 aliphatic rings. The number of hydrogen-bond acceptors (Lipinski definition) is 12. The largest absolute Gasteiger partial charge is 0.462 e. The number of likely N-dealkylation sites (tertiary alicyclic amines) is 1. The molecule has 57 heavy (non-hydrogen) atoms. The predicted molar refractivity (Wildman–Crippen MR) is 222 cm³/mol. The molecule has 0 saturated carbocycles. The second-order valence-electron chi connectivity index (χ2n) is 18.1. The van der Waals surface area contributed by atoms with Gasteiger partial charge in [0.25, 0.3) is 0 Å². The summed E-state index contributed by atoms with van der Waals surface area (Å²) in [5, 5.41) is 34.5. The number of rotatable bonds is 11. The fourth-order valence-corrected chi connectivity index (χ4v) is 9.41. The zero-order valence-corrected chi connectivity index (χ0v) is 36.4. The monoisotopic (exact) mass is 799 g/mol. The maximum Gasteiger partial charge on any atom is 0.308 e. The highest BCUT2D eigenvalue weighted by atomic mass is 16.7. The summed E-state index contributed by atoms with van der Waals surface area (Å²) in [4.78, 5) is 38.4. The van der Waals surface area contributed by atoms with Crippen LogP contribution in [0, 0.1) is 35.5 Å². The zero-order valence-electron chi connectivity index (χ0n) is 36.4. The summed E-state index contributed by atoms with van der Waals surface area (Å²) in [6.07, 6.45) is 5.62. The normalized spacial score (nSPS) is 38.5. The summed E-state index contributed by atoms with van der Waals surface area (Å²) in [6.45, 7) is 18.1. The van der Waals surface area contributed by atoms with Crippen molar-refractivity contribution in [1.29, 1.82) is 0 Å². The number of allylic oxidation sites excluding steroid dienone is 3. The molecule has 12 nitrogen and oxygen atoms in total. The summed E-state index contributed by atoms with van der Waals surface area (Å²) < 4.78 is 19.2. The summed E-state index contributed by atoms with van der Waals surface area (Å²) in [5.74, 6) is -0.766. The van der Waals surface area contributed by atoms with Crippen molar-refractivity contribution in [1.82, 2.24) is 19.7 Å². The van der Waals surface area contributed by atoms with E-state index in [1.54, 1.807) is 38.2 Å². The molecule has 322 valence electrons. The molecule has 0 spiro atoms. The molecule has 12 heteroatoms. The van der Waals surface area contributed by atoms with Gasteiger partial charge in [0.15, 0.2) is 12.1 Å². The number of nitrogens with zero attached hydrogens (tertiary/aromatic N) is 4. The molecular weight excluding hydrogens is 725 g/mol. The molecule has 0 bridgehead atoms. The molecule has 0 aromatic carbocycles. The minimum Gasteiger partial charge on any atom is -0.462 e. The number of ketones is 1. The first-order valence-corrected chi connectivity index (χ1v) is 21.4. The fraction of sp³-hybridized carbons (Fsp3) is 0.756. The summed E-state index contributed by atoms with van der Waals surface area (Å²) in [5.41, 5.74) is 1.96. The quantitative estimate of drug-likeness (QED) is 0.267. The van der Waals surface area contributed by atoms with Crippen molar-refractivity contribution in [2.24, 2.45) is 35.5 Å². The molecule has 4 rings (SSSR count). The molecule has 3 N–H and O–H groups in total. The predicted octanol–water partition coefficient (Wildman–Crippen LogP) is 4.72. The fourth-order valence-electron chi connectivity index (χ4n) is 9.41. The van der Waals surface area contributed by atoms with Crippen molar-refractivity contribution in [3.05, 3.63) is 53.9 Å². The number of pyridine rings is 1. The number of esters is 1. The Labute approximate surface area is 342 Å². The third-order valence-corrected chi connectivity index (χ3v) is 12.4. The van der Waals surface area contributed by atoms with Crippen LogP contribution in [0.25, 0.3) is 0 Å². The summed E-state index contributed by atoms with van der Waals surface area (Å²) in [7, 11) is 5.61. The lowest BCUT2D eigenvalue weighted by Gasteiger charge is -2.47. The Kier molecular flexibility index (Phi) is 18.3. The van der Waals surface area contributed by atoms with Crippen LogP contribution < -0.4 is 0 Å². The van der Waals surface area contributed by atoms with Crippen LogP contribution >= 0.6 is 0 Å². The second kappa shape index (κ2) is 22.2. The van der Waals surface area contributed by atoms with Crippen molar-refractivity contribution in [2.75, 3.05) is 47.3 Å². The maximum absolute atomic E-state index is 13.9. The molecule has 2 fully saturated rings. The van der Waals surface area contributed by atoms with Gasteiger partial charge in [-0.25, -0.2) is 0 Å². The highest BCUT2D eigenvalue weighted by Crippen LogP contribution is 2.35. The minimum atomic E-state index is -1.19. The Hall–Kier alpha value is -2.55. The van der Waals surface area contributed by atoms with Gasteiger partial charge in [-0.1, -0.05) is 58.4 Å². The SMILES string of the molecule is CC[C@H]1OC(=O)C[C@@H](O)[C@H](C)[C@@H](O[C@@H]2O[C@H](C)[C@@H](O)[C@H](N(C)C)[C@H]2O)[C@@H](CCN2CC(C)CC(C)C2)C[C@@H](C)C(=O)/C=C\C(C)=C/[C@@H]1CN(C)Cc1cccnc1. The Bertz CT molecular complexity index is 1450. The van der Waals surface area contributed by atoms with Gasteiger partial charge in [-0.15, -0.1) is 0 Å². The van der Waals surface area contributed by atoms with Crippen LogP contribution in [0.5, 0.6) is 0 Å². The second-order valence-corrected chi connectivity index (χ2v) is 18.1. The van der Waals surface area contributed by atoms with Crippen LogP contribution in [0.3, 0.4) is 0 Å². The van der Waals surface area contributed by atoms with Gasteiger partial charge in [0.1, 0.15) is 12.2 Å². The number of cyclic esters (lactones) is 1. The van der Waals surface area contributed by atoms with E-state index in [1.807, 2.05) is 59.1 Å². The van der Waals surface area contributed by atoms with E-state index in [4.69, 9.17) is 14.2 Å². The average Bonchev–Trinajstić information content (AvgIpc) is 3.14. The zero-order chi connectivity index (χ0) is 42.0. The molecule has 0 aliphatic carbocycles. The molecule has 0 amide bonds. The highest BCUT2D eigenvalue weighted by Gasteiger charge is 2.47. The Morgan fingerprint density at radius 1 is 0.982 bits per heavy atom. The number of ether oxygens (including phenoxy) is 3. The van der Waals surface area contributed by atoms with Crippen LogP contribution in [0.15, 0.2) is 48.3 Å². The van der Waals surface area contributed by atoms with Gasteiger partial charge in [-0.3, -0.25) is 14.6 Å².